The highest BCUT2D eigenvalue weighted by Crippen LogP contribution is 2.36. The zero-order valence-corrected chi connectivity index (χ0v) is 16.1. The third-order valence-electron chi connectivity index (χ3n) is 4.56. The predicted octanol–water partition coefficient (Wildman–Crippen LogP) is 5.82. The molecule has 3 aromatic rings. The Hall–Kier alpha value is -3.30. The summed E-state index contributed by atoms with van der Waals surface area (Å²) in [7, 11) is 1.63. The molecule has 0 radical (unpaired) electrons. The molecular formula is C24H18ClNO2. The number of hydrogen-bond donors (Lipinski definition) is 0. The van der Waals surface area contributed by atoms with Crippen molar-refractivity contribution >= 4 is 35.0 Å². The molecule has 1 aliphatic heterocycles. The molecule has 0 N–H and O–H groups in total. The number of halogens is 1. The van der Waals surface area contributed by atoms with Crippen LogP contribution in [0.4, 0.5) is 5.69 Å². The van der Waals surface area contributed by atoms with Gasteiger partial charge in [0.2, 0.25) is 0 Å². The maximum atomic E-state index is 13.3. The molecule has 0 bridgehead atoms. The molecule has 3 nitrogen and oxygen atoms in total. The summed E-state index contributed by atoms with van der Waals surface area (Å²) >= 11 is 6.18. The average Bonchev–Trinajstić information content (AvgIpc) is 3.05. The van der Waals surface area contributed by atoms with Crippen molar-refractivity contribution in [3.63, 3.8) is 0 Å². The Morgan fingerprint density at radius 3 is 2.36 bits per heavy atom. The van der Waals surface area contributed by atoms with E-state index in [0.29, 0.717) is 10.6 Å². The highest BCUT2D eigenvalue weighted by molar-refractivity contribution is 6.31. The Morgan fingerprint density at radius 1 is 0.929 bits per heavy atom. The first-order valence-electron chi connectivity index (χ1n) is 8.88. The molecule has 0 saturated carbocycles. The first-order chi connectivity index (χ1) is 13.7. The summed E-state index contributed by atoms with van der Waals surface area (Å²) in [5, 5.41) is 0.588. The fourth-order valence-electron chi connectivity index (χ4n) is 3.19. The molecule has 1 aliphatic rings. The monoisotopic (exact) mass is 387 g/mol. The van der Waals surface area contributed by atoms with Gasteiger partial charge in [0.15, 0.2) is 0 Å². The van der Waals surface area contributed by atoms with E-state index in [1.165, 1.54) is 0 Å². The number of ether oxygens (including phenoxy) is 1. The minimum Gasteiger partial charge on any atom is -0.497 e. The van der Waals surface area contributed by atoms with Crippen LogP contribution >= 0.6 is 11.6 Å². The van der Waals surface area contributed by atoms with Gasteiger partial charge in [-0.25, -0.2) is 0 Å². The van der Waals surface area contributed by atoms with Crippen LogP contribution < -0.4 is 9.64 Å². The van der Waals surface area contributed by atoms with E-state index in [1.54, 1.807) is 24.1 Å². The number of carbonyl (C=O) groups is 1. The summed E-state index contributed by atoms with van der Waals surface area (Å²) in [5.74, 6) is 0.693. The largest absolute Gasteiger partial charge is 0.497 e. The summed E-state index contributed by atoms with van der Waals surface area (Å²) in [5.41, 5.74) is 4.08. The number of anilines is 1. The Morgan fingerprint density at radius 2 is 1.68 bits per heavy atom. The first-order valence-corrected chi connectivity index (χ1v) is 9.26. The van der Waals surface area contributed by atoms with E-state index in [2.05, 4.69) is 0 Å². The van der Waals surface area contributed by atoms with Gasteiger partial charge >= 0.3 is 0 Å². The van der Waals surface area contributed by atoms with Crippen LogP contribution in [0.1, 0.15) is 11.1 Å². The van der Waals surface area contributed by atoms with Crippen molar-refractivity contribution in [3.05, 3.63) is 107 Å². The number of nitrogens with zero attached hydrogens (tertiary/aromatic N) is 1. The zero-order valence-electron chi connectivity index (χ0n) is 15.3. The lowest BCUT2D eigenvalue weighted by Crippen LogP contribution is -2.24. The van der Waals surface area contributed by atoms with E-state index >= 15 is 0 Å². The van der Waals surface area contributed by atoms with E-state index in [0.717, 1.165) is 28.3 Å². The molecule has 0 saturated heterocycles. The molecule has 0 aliphatic carbocycles. The third-order valence-corrected chi connectivity index (χ3v) is 4.79. The van der Waals surface area contributed by atoms with Crippen molar-refractivity contribution in [2.75, 3.05) is 12.0 Å². The Kier molecular flexibility index (Phi) is 5.00. The van der Waals surface area contributed by atoms with Crippen LogP contribution in [0.3, 0.4) is 0 Å². The van der Waals surface area contributed by atoms with Gasteiger partial charge in [0.25, 0.3) is 5.91 Å². The summed E-state index contributed by atoms with van der Waals surface area (Å²) < 4.78 is 5.20. The molecule has 1 amide bonds. The molecule has 0 atom stereocenters. The third kappa shape index (κ3) is 3.57. The van der Waals surface area contributed by atoms with Crippen molar-refractivity contribution in [2.45, 2.75) is 0 Å². The molecule has 1 heterocycles. The van der Waals surface area contributed by atoms with Gasteiger partial charge in [-0.3, -0.25) is 9.69 Å². The molecule has 0 aromatic heterocycles. The van der Waals surface area contributed by atoms with Crippen LogP contribution in [0, 0.1) is 0 Å². The SMILES string of the molecule is COc1ccc(/C=C2\C=C(c3ccccc3)N(c3cccc(Cl)c3)C2=O)cc1. The van der Waals surface area contributed by atoms with Crippen molar-refractivity contribution in [2.24, 2.45) is 0 Å². The van der Waals surface area contributed by atoms with Crippen LogP contribution in [0.25, 0.3) is 11.8 Å². The fraction of sp³-hybridized carbons (Fsp3) is 0.0417. The lowest BCUT2D eigenvalue weighted by molar-refractivity contribution is -0.113. The number of methoxy groups -OCH3 is 1. The van der Waals surface area contributed by atoms with Gasteiger partial charge in [-0.05, 0) is 53.6 Å². The van der Waals surface area contributed by atoms with Crippen LogP contribution in [-0.4, -0.2) is 13.0 Å². The van der Waals surface area contributed by atoms with E-state index in [9.17, 15) is 4.79 Å². The molecule has 0 fully saturated rings. The summed E-state index contributed by atoms with van der Waals surface area (Å²) in [6.07, 6.45) is 3.80. The lowest BCUT2D eigenvalue weighted by Gasteiger charge is -2.21. The minimum atomic E-state index is -0.0862. The summed E-state index contributed by atoms with van der Waals surface area (Å²) in [6, 6.07) is 24.8. The molecule has 0 unspecified atom stereocenters. The molecule has 4 heteroatoms. The van der Waals surface area contributed by atoms with Crippen molar-refractivity contribution in [3.8, 4) is 5.75 Å². The van der Waals surface area contributed by atoms with Crippen molar-refractivity contribution < 1.29 is 9.53 Å². The molecule has 4 rings (SSSR count). The van der Waals surface area contributed by atoms with E-state index < -0.39 is 0 Å². The Labute approximate surface area is 169 Å². The number of amides is 1. The van der Waals surface area contributed by atoms with Crippen LogP contribution in [0.2, 0.25) is 5.02 Å². The summed E-state index contributed by atoms with van der Waals surface area (Å²) in [4.78, 5) is 15.0. The standard InChI is InChI=1S/C24H18ClNO2/c1-28-22-12-10-17(11-13-22)14-19-15-23(18-6-3-2-4-7-18)26(24(19)27)21-9-5-8-20(25)16-21/h2-16H,1H3/b19-14+. The van der Waals surface area contributed by atoms with Gasteiger partial charge in [0.1, 0.15) is 5.75 Å². The maximum Gasteiger partial charge on any atom is 0.262 e. The van der Waals surface area contributed by atoms with Crippen LogP contribution in [-0.2, 0) is 4.79 Å². The average molecular weight is 388 g/mol. The Bertz CT molecular complexity index is 1070. The zero-order chi connectivity index (χ0) is 19.5. The quantitative estimate of drug-likeness (QED) is 0.528. The highest BCUT2D eigenvalue weighted by Gasteiger charge is 2.30. The molecule has 0 spiro atoms. The topological polar surface area (TPSA) is 29.5 Å². The number of hydrogen-bond acceptors (Lipinski definition) is 2. The first kappa shape index (κ1) is 18.1. The van der Waals surface area contributed by atoms with Crippen molar-refractivity contribution in [1.82, 2.24) is 0 Å². The van der Waals surface area contributed by atoms with Crippen LogP contribution in [0.5, 0.6) is 5.75 Å². The highest BCUT2D eigenvalue weighted by atomic mass is 35.5. The predicted molar refractivity (Wildman–Crippen MR) is 114 cm³/mol. The molecule has 3 aromatic carbocycles. The lowest BCUT2D eigenvalue weighted by atomic mass is 10.1. The summed E-state index contributed by atoms with van der Waals surface area (Å²) in [6.45, 7) is 0. The van der Waals surface area contributed by atoms with Gasteiger partial charge in [-0.15, -0.1) is 0 Å². The second kappa shape index (κ2) is 7.75. The molecule has 138 valence electrons. The van der Waals surface area contributed by atoms with Gasteiger partial charge in [0.05, 0.1) is 18.5 Å². The smallest absolute Gasteiger partial charge is 0.262 e. The minimum absolute atomic E-state index is 0.0862. The van der Waals surface area contributed by atoms with E-state index in [4.69, 9.17) is 16.3 Å². The van der Waals surface area contributed by atoms with E-state index in [-0.39, 0.29) is 5.91 Å². The number of benzene rings is 3. The number of carbonyl (C=O) groups excluding carboxylic acids is 1. The maximum absolute atomic E-state index is 13.3. The second-order valence-corrected chi connectivity index (χ2v) is 6.83. The molecule has 28 heavy (non-hydrogen) atoms. The Balaban J connectivity index is 1.79. The fourth-order valence-corrected chi connectivity index (χ4v) is 3.37. The molecular weight excluding hydrogens is 370 g/mol. The van der Waals surface area contributed by atoms with Crippen molar-refractivity contribution in [1.29, 1.82) is 0 Å². The van der Waals surface area contributed by atoms with Gasteiger partial charge in [-0.1, -0.05) is 60.1 Å². The second-order valence-electron chi connectivity index (χ2n) is 6.39. The van der Waals surface area contributed by atoms with Gasteiger partial charge in [-0.2, -0.15) is 0 Å². The van der Waals surface area contributed by atoms with Gasteiger partial charge < -0.3 is 4.74 Å². The normalized spacial score (nSPS) is 15.1. The number of rotatable bonds is 4. The van der Waals surface area contributed by atoms with Gasteiger partial charge in [0, 0.05) is 10.6 Å². The van der Waals surface area contributed by atoms with Crippen LogP contribution in [0.15, 0.2) is 90.5 Å². The van der Waals surface area contributed by atoms with E-state index in [1.807, 2.05) is 78.9 Å².